The number of nitrogens with two attached hydrogens (primary N) is 1. The minimum atomic E-state index is 0.276. The van der Waals surface area contributed by atoms with Crippen LogP contribution in [0.1, 0.15) is 29.2 Å². The third kappa shape index (κ3) is 4.59. The molecule has 0 atom stereocenters. The standard InChI is InChI=1S/C31H32N8O2/c32-31-30-26(28-8-11-34-38(28)24-9-16-41-17-10-24)19-29(39(30)35-21-33-31)22-5-3-6-25(18-22)36-12-14-37(15-13-36)27-7-2-1-4-23(27)20-40/h1-8,11,18-21,24H,9-10,12-17H2,(H2,32,33,35). The fourth-order valence-electron chi connectivity index (χ4n) is 6.16. The third-order valence-corrected chi connectivity index (χ3v) is 8.26. The molecule has 0 spiro atoms. The molecule has 2 aromatic carbocycles. The topological polar surface area (TPSA) is 107 Å². The van der Waals surface area contributed by atoms with Crippen molar-refractivity contribution < 1.29 is 9.53 Å². The van der Waals surface area contributed by atoms with E-state index in [9.17, 15) is 4.79 Å². The van der Waals surface area contributed by atoms with Crippen LogP contribution in [0.25, 0.3) is 28.0 Å². The number of anilines is 3. The number of benzene rings is 2. The van der Waals surface area contributed by atoms with Crippen LogP contribution in [0.5, 0.6) is 0 Å². The van der Waals surface area contributed by atoms with E-state index in [2.05, 4.69) is 60.0 Å². The zero-order valence-corrected chi connectivity index (χ0v) is 22.8. The number of carbonyl (C=O) groups excluding carboxylic acids is 1. The lowest BCUT2D eigenvalue weighted by atomic mass is 10.1. The van der Waals surface area contributed by atoms with Gasteiger partial charge in [-0.1, -0.05) is 24.3 Å². The van der Waals surface area contributed by atoms with Gasteiger partial charge in [0.05, 0.1) is 17.4 Å². The van der Waals surface area contributed by atoms with Crippen LogP contribution in [-0.4, -0.2) is 70.1 Å². The van der Waals surface area contributed by atoms with Crippen molar-refractivity contribution in [2.45, 2.75) is 18.9 Å². The van der Waals surface area contributed by atoms with Gasteiger partial charge in [0, 0.05) is 73.7 Å². The number of fused-ring (bicyclic) bond motifs is 1. The second-order valence-electron chi connectivity index (χ2n) is 10.6. The molecule has 0 bridgehead atoms. The Hall–Kier alpha value is -4.70. The van der Waals surface area contributed by atoms with Crippen molar-refractivity contribution in [3.8, 4) is 22.5 Å². The van der Waals surface area contributed by atoms with Gasteiger partial charge in [-0.2, -0.15) is 10.2 Å². The van der Waals surface area contributed by atoms with Gasteiger partial charge in [-0.3, -0.25) is 9.48 Å². The number of hydrogen-bond donors (Lipinski definition) is 1. The first-order chi connectivity index (χ1) is 20.2. The van der Waals surface area contributed by atoms with Crippen molar-refractivity contribution in [3.63, 3.8) is 0 Å². The van der Waals surface area contributed by atoms with Crippen LogP contribution in [0.3, 0.4) is 0 Å². The monoisotopic (exact) mass is 548 g/mol. The van der Waals surface area contributed by atoms with Crippen LogP contribution in [0.4, 0.5) is 17.2 Å². The molecule has 10 heteroatoms. The summed E-state index contributed by atoms with van der Waals surface area (Å²) < 4.78 is 9.59. The average molecular weight is 549 g/mol. The first-order valence-electron chi connectivity index (χ1n) is 14.1. The summed E-state index contributed by atoms with van der Waals surface area (Å²) in [5, 5.41) is 9.31. The molecule has 0 unspecified atom stereocenters. The molecule has 0 aliphatic carbocycles. The highest BCUT2D eigenvalue weighted by Crippen LogP contribution is 2.37. The van der Waals surface area contributed by atoms with Gasteiger partial charge in [0.25, 0.3) is 0 Å². The van der Waals surface area contributed by atoms with Gasteiger partial charge in [-0.05, 0) is 49.2 Å². The summed E-state index contributed by atoms with van der Waals surface area (Å²) in [5.74, 6) is 0.434. The maximum atomic E-state index is 11.6. The highest BCUT2D eigenvalue weighted by molar-refractivity contribution is 5.91. The Balaban J connectivity index is 1.21. The lowest BCUT2D eigenvalue weighted by molar-refractivity contribution is 0.0667. The first kappa shape index (κ1) is 25.3. The molecule has 5 heterocycles. The van der Waals surface area contributed by atoms with Gasteiger partial charge in [-0.15, -0.1) is 0 Å². The van der Waals surface area contributed by atoms with E-state index in [-0.39, 0.29) is 6.04 Å². The van der Waals surface area contributed by atoms with E-state index < -0.39 is 0 Å². The Morgan fingerprint density at radius 3 is 2.51 bits per heavy atom. The SMILES string of the molecule is Nc1ncnn2c(-c3cccc(N4CCN(c5ccccc5C=O)CC4)c3)cc(-c3ccnn3C3CCOCC3)c12. The van der Waals surface area contributed by atoms with E-state index in [1.807, 2.05) is 41.0 Å². The van der Waals surface area contributed by atoms with Gasteiger partial charge in [0.2, 0.25) is 0 Å². The number of piperazine rings is 1. The van der Waals surface area contributed by atoms with E-state index in [0.717, 1.165) is 103 Å². The van der Waals surface area contributed by atoms with Gasteiger partial charge < -0.3 is 20.3 Å². The van der Waals surface area contributed by atoms with Crippen LogP contribution in [0.15, 0.2) is 73.2 Å². The molecular weight excluding hydrogens is 516 g/mol. The highest BCUT2D eigenvalue weighted by Gasteiger charge is 2.24. The largest absolute Gasteiger partial charge is 0.382 e. The molecule has 2 aliphatic heterocycles. The Bertz CT molecular complexity index is 1700. The number of rotatable bonds is 6. The summed E-state index contributed by atoms with van der Waals surface area (Å²) in [7, 11) is 0. The van der Waals surface area contributed by atoms with E-state index in [4.69, 9.17) is 10.5 Å². The lowest BCUT2D eigenvalue weighted by Crippen LogP contribution is -2.46. The number of para-hydroxylation sites is 1. The summed E-state index contributed by atoms with van der Waals surface area (Å²) in [4.78, 5) is 20.6. The van der Waals surface area contributed by atoms with E-state index in [1.54, 1.807) is 0 Å². The van der Waals surface area contributed by atoms with Crippen molar-refractivity contribution in [3.05, 3.63) is 78.8 Å². The molecule has 0 saturated carbocycles. The Morgan fingerprint density at radius 2 is 1.68 bits per heavy atom. The number of aromatic nitrogens is 5. The fourth-order valence-corrected chi connectivity index (χ4v) is 6.16. The third-order valence-electron chi connectivity index (χ3n) is 8.26. The van der Waals surface area contributed by atoms with E-state index >= 15 is 0 Å². The van der Waals surface area contributed by atoms with Crippen molar-refractivity contribution in [1.29, 1.82) is 0 Å². The zero-order valence-electron chi connectivity index (χ0n) is 22.8. The van der Waals surface area contributed by atoms with Crippen LogP contribution in [0, 0.1) is 0 Å². The number of hydrogen-bond acceptors (Lipinski definition) is 8. The van der Waals surface area contributed by atoms with Gasteiger partial charge in [-0.25, -0.2) is 9.50 Å². The molecule has 41 heavy (non-hydrogen) atoms. The Kier molecular flexibility index (Phi) is 6.60. The molecule has 10 nitrogen and oxygen atoms in total. The maximum Gasteiger partial charge on any atom is 0.152 e. The number of nitrogens with zero attached hydrogens (tertiary/aromatic N) is 7. The first-order valence-corrected chi connectivity index (χ1v) is 14.1. The van der Waals surface area contributed by atoms with E-state index in [0.29, 0.717) is 5.82 Å². The van der Waals surface area contributed by atoms with Gasteiger partial charge in [0.1, 0.15) is 11.8 Å². The summed E-state index contributed by atoms with van der Waals surface area (Å²) in [6, 6.07) is 20.8. The van der Waals surface area contributed by atoms with Gasteiger partial charge in [0.15, 0.2) is 12.1 Å². The minimum absolute atomic E-state index is 0.276. The summed E-state index contributed by atoms with van der Waals surface area (Å²) in [6.07, 6.45) is 6.15. The number of nitrogen functional groups attached to an aromatic ring is 1. The van der Waals surface area contributed by atoms with E-state index in [1.165, 1.54) is 6.33 Å². The van der Waals surface area contributed by atoms with Crippen LogP contribution in [0.2, 0.25) is 0 Å². The predicted molar refractivity (Wildman–Crippen MR) is 159 cm³/mol. The predicted octanol–water partition coefficient (Wildman–Crippen LogP) is 4.33. The average Bonchev–Trinajstić information content (AvgIpc) is 3.68. The van der Waals surface area contributed by atoms with Crippen LogP contribution in [-0.2, 0) is 4.74 Å². The molecule has 3 aromatic heterocycles. The minimum Gasteiger partial charge on any atom is -0.382 e. The summed E-state index contributed by atoms with van der Waals surface area (Å²) in [5.41, 5.74) is 14.1. The molecule has 2 N–H and O–H groups in total. The number of ether oxygens (including phenoxy) is 1. The smallest absolute Gasteiger partial charge is 0.152 e. The summed E-state index contributed by atoms with van der Waals surface area (Å²) >= 11 is 0. The van der Waals surface area contributed by atoms with Crippen molar-refractivity contribution >= 4 is 29.0 Å². The fraction of sp³-hybridized carbons (Fsp3) is 0.290. The molecule has 2 fully saturated rings. The Labute approximate surface area is 238 Å². The van der Waals surface area contributed by atoms with Crippen molar-refractivity contribution in [1.82, 2.24) is 24.4 Å². The molecule has 2 aliphatic rings. The number of aldehydes is 1. The molecule has 2 saturated heterocycles. The molecule has 208 valence electrons. The molecule has 5 aromatic rings. The molecule has 7 rings (SSSR count). The molecular formula is C31H32N8O2. The second kappa shape index (κ2) is 10.7. The molecule has 0 amide bonds. The van der Waals surface area contributed by atoms with Crippen LogP contribution >= 0.6 is 0 Å². The lowest BCUT2D eigenvalue weighted by Gasteiger charge is -2.38. The number of carbonyl (C=O) groups is 1. The Morgan fingerprint density at radius 1 is 0.878 bits per heavy atom. The summed E-state index contributed by atoms with van der Waals surface area (Å²) in [6.45, 7) is 4.87. The highest BCUT2D eigenvalue weighted by atomic mass is 16.5. The maximum absolute atomic E-state index is 11.6. The normalized spacial score (nSPS) is 16.4. The molecule has 0 radical (unpaired) electrons. The quantitative estimate of drug-likeness (QED) is 0.313. The zero-order chi connectivity index (χ0) is 27.8. The second-order valence-corrected chi connectivity index (χ2v) is 10.6. The van der Waals surface area contributed by atoms with Crippen molar-refractivity contribution in [2.24, 2.45) is 0 Å². The van der Waals surface area contributed by atoms with Crippen molar-refractivity contribution in [2.75, 3.05) is 54.9 Å². The van der Waals surface area contributed by atoms with Gasteiger partial charge >= 0.3 is 0 Å². The van der Waals surface area contributed by atoms with Crippen LogP contribution < -0.4 is 15.5 Å².